The topological polar surface area (TPSA) is 47.4 Å². The number of morpholine rings is 1. The number of ether oxygens (including phenoxy) is 1. The molecule has 0 radical (unpaired) electrons. The largest absolute Gasteiger partial charge is 0.378 e. The van der Waals surface area contributed by atoms with E-state index in [4.69, 9.17) is 4.74 Å². The van der Waals surface area contributed by atoms with Gasteiger partial charge in [0, 0.05) is 43.7 Å². The lowest BCUT2D eigenvalue weighted by Gasteiger charge is -2.30. The average molecular weight is 285 g/mol. The summed E-state index contributed by atoms with van der Waals surface area (Å²) >= 11 is 0. The van der Waals surface area contributed by atoms with E-state index in [1.54, 1.807) is 16.8 Å². The van der Waals surface area contributed by atoms with Crippen molar-refractivity contribution in [2.24, 2.45) is 7.05 Å². The first-order valence-corrected chi connectivity index (χ1v) is 7.12. The van der Waals surface area contributed by atoms with Crippen LogP contribution < -0.4 is 10.5 Å². The number of pyridine rings is 2. The van der Waals surface area contributed by atoms with Crippen LogP contribution >= 0.6 is 0 Å². The summed E-state index contributed by atoms with van der Waals surface area (Å²) in [7, 11) is 1.81. The maximum Gasteiger partial charge on any atom is 0.252 e. The summed E-state index contributed by atoms with van der Waals surface area (Å²) in [5.74, 6) is 0.934. The maximum absolute atomic E-state index is 12.3. The van der Waals surface area contributed by atoms with Crippen molar-refractivity contribution in [3.05, 3.63) is 46.5 Å². The van der Waals surface area contributed by atoms with Gasteiger partial charge in [-0.3, -0.25) is 14.3 Å². The zero-order valence-corrected chi connectivity index (χ0v) is 12.4. The highest BCUT2D eigenvalue weighted by Gasteiger charge is 2.16. The van der Waals surface area contributed by atoms with Crippen LogP contribution in [-0.2, 0) is 11.8 Å². The van der Waals surface area contributed by atoms with Crippen LogP contribution in [-0.4, -0.2) is 35.9 Å². The third kappa shape index (κ3) is 2.69. The molecule has 0 bridgehead atoms. The molecule has 0 N–H and O–H groups in total. The normalized spacial score (nSPS) is 15.2. The van der Waals surface area contributed by atoms with E-state index in [0.29, 0.717) is 13.2 Å². The standard InChI is InChI=1S/C16H19N3O2/c1-12-14(4-3-5-17-12)13-10-15(18(2)16(20)11-13)19-6-8-21-9-7-19/h3-5,10-11H,6-9H2,1-2H3. The summed E-state index contributed by atoms with van der Waals surface area (Å²) in [6, 6.07) is 7.64. The number of hydrogen-bond acceptors (Lipinski definition) is 4. The van der Waals surface area contributed by atoms with Crippen molar-refractivity contribution < 1.29 is 4.74 Å². The Bertz CT molecular complexity index is 703. The van der Waals surface area contributed by atoms with Crippen molar-refractivity contribution in [2.75, 3.05) is 31.2 Å². The highest BCUT2D eigenvalue weighted by molar-refractivity contribution is 5.68. The third-order valence-corrected chi connectivity index (χ3v) is 3.89. The van der Waals surface area contributed by atoms with Gasteiger partial charge in [-0.2, -0.15) is 0 Å². The van der Waals surface area contributed by atoms with Gasteiger partial charge in [0.05, 0.1) is 13.2 Å². The van der Waals surface area contributed by atoms with Crippen LogP contribution in [0, 0.1) is 6.92 Å². The van der Waals surface area contributed by atoms with Gasteiger partial charge in [0.15, 0.2) is 0 Å². The van der Waals surface area contributed by atoms with Crippen molar-refractivity contribution in [3.63, 3.8) is 0 Å². The molecular formula is C16H19N3O2. The van der Waals surface area contributed by atoms with Crippen molar-refractivity contribution >= 4 is 5.82 Å². The summed E-state index contributed by atoms with van der Waals surface area (Å²) in [6.45, 7) is 4.97. The minimum atomic E-state index is -0.00255. The molecule has 110 valence electrons. The lowest BCUT2D eigenvalue weighted by Crippen LogP contribution is -2.39. The zero-order valence-electron chi connectivity index (χ0n) is 12.4. The van der Waals surface area contributed by atoms with Gasteiger partial charge >= 0.3 is 0 Å². The van der Waals surface area contributed by atoms with E-state index in [-0.39, 0.29) is 5.56 Å². The molecule has 0 aliphatic carbocycles. The Kier molecular flexibility index (Phi) is 3.75. The van der Waals surface area contributed by atoms with Crippen LogP contribution in [0.2, 0.25) is 0 Å². The second-order valence-corrected chi connectivity index (χ2v) is 5.24. The number of hydrogen-bond donors (Lipinski definition) is 0. The molecule has 2 aromatic rings. The molecule has 5 nitrogen and oxygen atoms in total. The van der Waals surface area contributed by atoms with E-state index in [2.05, 4.69) is 16.0 Å². The highest BCUT2D eigenvalue weighted by atomic mass is 16.5. The quantitative estimate of drug-likeness (QED) is 0.841. The smallest absolute Gasteiger partial charge is 0.252 e. The van der Waals surface area contributed by atoms with E-state index in [0.717, 1.165) is 35.7 Å². The van der Waals surface area contributed by atoms with E-state index in [1.807, 2.05) is 26.1 Å². The van der Waals surface area contributed by atoms with Gasteiger partial charge in [-0.25, -0.2) is 0 Å². The SMILES string of the molecule is Cc1ncccc1-c1cc(N2CCOCC2)n(C)c(=O)c1. The van der Waals surface area contributed by atoms with Gasteiger partial charge in [0.2, 0.25) is 0 Å². The van der Waals surface area contributed by atoms with Crippen molar-refractivity contribution in [2.45, 2.75) is 6.92 Å². The van der Waals surface area contributed by atoms with E-state index in [9.17, 15) is 4.79 Å². The first-order valence-electron chi connectivity index (χ1n) is 7.12. The van der Waals surface area contributed by atoms with E-state index >= 15 is 0 Å². The molecule has 3 heterocycles. The molecule has 1 aliphatic rings. The molecule has 0 unspecified atom stereocenters. The first kappa shape index (κ1) is 13.8. The highest BCUT2D eigenvalue weighted by Crippen LogP contribution is 2.24. The molecule has 21 heavy (non-hydrogen) atoms. The predicted molar refractivity (Wildman–Crippen MR) is 82.7 cm³/mol. The fourth-order valence-electron chi connectivity index (χ4n) is 2.66. The average Bonchev–Trinajstić information content (AvgIpc) is 2.51. The minimum absolute atomic E-state index is 0.00255. The molecular weight excluding hydrogens is 266 g/mol. The number of anilines is 1. The number of aryl methyl sites for hydroxylation is 1. The fraction of sp³-hybridized carbons (Fsp3) is 0.375. The summed E-state index contributed by atoms with van der Waals surface area (Å²) < 4.78 is 7.08. The van der Waals surface area contributed by atoms with Crippen LogP contribution in [0.3, 0.4) is 0 Å². The summed E-state index contributed by atoms with van der Waals surface area (Å²) in [5.41, 5.74) is 2.85. The van der Waals surface area contributed by atoms with Crippen molar-refractivity contribution in [3.8, 4) is 11.1 Å². The van der Waals surface area contributed by atoms with Gasteiger partial charge in [0.1, 0.15) is 5.82 Å². The third-order valence-electron chi connectivity index (χ3n) is 3.89. The second-order valence-electron chi connectivity index (χ2n) is 5.24. The van der Waals surface area contributed by atoms with Gasteiger partial charge in [-0.05, 0) is 24.6 Å². The van der Waals surface area contributed by atoms with Gasteiger partial charge in [-0.15, -0.1) is 0 Å². The molecule has 2 aromatic heterocycles. The Hall–Kier alpha value is -2.14. The molecule has 0 saturated carbocycles. The number of nitrogens with zero attached hydrogens (tertiary/aromatic N) is 3. The Morgan fingerprint density at radius 2 is 2.00 bits per heavy atom. The Morgan fingerprint density at radius 3 is 2.71 bits per heavy atom. The Labute approximate surface area is 123 Å². The van der Waals surface area contributed by atoms with E-state index in [1.165, 1.54) is 0 Å². The molecule has 3 rings (SSSR count). The van der Waals surface area contributed by atoms with Crippen LogP contribution in [0.1, 0.15) is 5.69 Å². The maximum atomic E-state index is 12.3. The van der Waals surface area contributed by atoms with Crippen LogP contribution in [0.5, 0.6) is 0 Å². The zero-order chi connectivity index (χ0) is 14.8. The van der Waals surface area contributed by atoms with Gasteiger partial charge < -0.3 is 9.64 Å². The first-order chi connectivity index (χ1) is 10.2. The van der Waals surface area contributed by atoms with Crippen LogP contribution in [0.4, 0.5) is 5.82 Å². The second kappa shape index (κ2) is 5.69. The monoisotopic (exact) mass is 285 g/mol. The number of aromatic nitrogens is 2. The molecule has 1 saturated heterocycles. The van der Waals surface area contributed by atoms with Gasteiger partial charge in [-0.1, -0.05) is 6.07 Å². The molecule has 0 amide bonds. The van der Waals surface area contributed by atoms with E-state index < -0.39 is 0 Å². The molecule has 0 atom stereocenters. The molecule has 0 spiro atoms. The number of rotatable bonds is 2. The molecule has 5 heteroatoms. The fourth-order valence-corrected chi connectivity index (χ4v) is 2.66. The van der Waals surface area contributed by atoms with Crippen molar-refractivity contribution in [1.82, 2.24) is 9.55 Å². The summed E-state index contributed by atoms with van der Waals surface area (Å²) in [4.78, 5) is 18.8. The van der Waals surface area contributed by atoms with Crippen molar-refractivity contribution in [1.29, 1.82) is 0 Å². The summed E-state index contributed by atoms with van der Waals surface area (Å²) in [6.07, 6.45) is 1.77. The Morgan fingerprint density at radius 1 is 1.24 bits per heavy atom. The predicted octanol–water partition coefficient (Wildman–Crippen LogP) is 1.59. The lowest BCUT2D eigenvalue weighted by molar-refractivity contribution is 0.122. The lowest BCUT2D eigenvalue weighted by atomic mass is 10.1. The minimum Gasteiger partial charge on any atom is -0.378 e. The summed E-state index contributed by atoms with van der Waals surface area (Å²) in [5, 5.41) is 0. The van der Waals surface area contributed by atoms with Crippen LogP contribution in [0.15, 0.2) is 35.3 Å². The van der Waals surface area contributed by atoms with Gasteiger partial charge in [0.25, 0.3) is 5.56 Å². The molecule has 0 aromatic carbocycles. The molecule has 1 fully saturated rings. The molecule has 1 aliphatic heterocycles. The van der Waals surface area contributed by atoms with Crippen LogP contribution in [0.25, 0.3) is 11.1 Å². The Balaban J connectivity index is 2.09.